The minimum Gasteiger partial charge on any atom is -0.483 e. The van der Waals surface area contributed by atoms with Gasteiger partial charge in [-0.1, -0.05) is 48.2 Å². The number of carbonyl (C=O) groups excluding carboxylic acids is 1. The summed E-state index contributed by atoms with van der Waals surface area (Å²) in [4.78, 5) is 12.6. The number of hydrogen-bond donors (Lipinski definition) is 1. The predicted octanol–water partition coefficient (Wildman–Crippen LogP) is 5.20. The summed E-state index contributed by atoms with van der Waals surface area (Å²) in [6.45, 7) is 0.0324. The van der Waals surface area contributed by atoms with E-state index < -0.39 is 5.82 Å². The van der Waals surface area contributed by atoms with Gasteiger partial charge in [-0.05, 0) is 66.8 Å². The Morgan fingerprint density at radius 2 is 1.79 bits per heavy atom. The highest BCUT2D eigenvalue weighted by Crippen LogP contribution is 2.26. The second-order valence-corrected chi connectivity index (χ2v) is 8.91. The number of halogens is 1. The Morgan fingerprint density at radius 3 is 2.65 bits per heavy atom. The molecule has 1 heterocycles. The third-order valence-corrected chi connectivity index (χ3v) is 6.55. The van der Waals surface area contributed by atoms with Gasteiger partial charge in [-0.25, -0.2) is 4.39 Å². The van der Waals surface area contributed by atoms with Crippen molar-refractivity contribution < 1.29 is 13.9 Å². The Morgan fingerprint density at radius 1 is 1.00 bits per heavy atom. The molecule has 1 aliphatic rings. The van der Waals surface area contributed by atoms with E-state index >= 15 is 0 Å². The van der Waals surface area contributed by atoms with E-state index in [1.54, 1.807) is 18.2 Å². The molecule has 34 heavy (non-hydrogen) atoms. The van der Waals surface area contributed by atoms with Crippen LogP contribution in [0.1, 0.15) is 23.4 Å². The number of nitrogens with one attached hydrogen (secondary N) is 1. The van der Waals surface area contributed by atoms with E-state index in [-0.39, 0.29) is 24.0 Å². The molecule has 0 atom stereocenters. The summed E-state index contributed by atoms with van der Waals surface area (Å²) >= 11 is 1.29. The molecule has 0 fully saturated rings. The molecule has 1 aliphatic carbocycles. The Labute approximate surface area is 201 Å². The van der Waals surface area contributed by atoms with Crippen molar-refractivity contribution in [3.05, 3.63) is 95.6 Å². The lowest BCUT2D eigenvalue weighted by molar-refractivity contribution is -0.113. The van der Waals surface area contributed by atoms with Gasteiger partial charge in [-0.2, -0.15) is 0 Å². The summed E-state index contributed by atoms with van der Waals surface area (Å²) < 4.78 is 21.4. The van der Waals surface area contributed by atoms with Crippen molar-refractivity contribution in [1.29, 1.82) is 0 Å². The fraction of sp³-hybridized carbons (Fsp3) is 0.192. The van der Waals surface area contributed by atoms with E-state index in [0.717, 1.165) is 24.2 Å². The van der Waals surface area contributed by atoms with Gasteiger partial charge in [0.25, 0.3) is 0 Å². The fourth-order valence-corrected chi connectivity index (χ4v) is 4.78. The number of hydrogen-bond acceptors (Lipinski definition) is 5. The van der Waals surface area contributed by atoms with E-state index in [2.05, 4.69) is 27.6 Å². The Balaban J connectivity index is 1.30. The molecule has 172 valence electrons. The van der Waals surface area contributed by atoms with E-state index in [9.17, 15) is 9.18 Å². The maximum Gasteiger partial charge on any atom is 0.234 e. The van der Waals surface area contributed by atoms with Gasteiger partial charge in [0.05, 0.1) is 5.75 Å². The normalized spacial score (nSPS) is 12.4. The minimum absolute atomic E-state index is 0.0324. The van der Waals surface area contributed by atoms with Gasteiger partial charge in [0.2, 0.25) is 5.91 Å². The van der Waals surface area contributed by atoms with Crippen molar-refractivity contribution in [2.75, 3.05) is 11.1 Å². The maximum atomic E-state index is 14.0. The summed E-state index contributed by atoms with van der Waals surface area (Å²) in [6.07, 6.45) is 3.34. The average Bonchev–Trinajstić information content (AvgIpc) is 3.49. The number of aryl methyl sites for hydroxylation is 2. The minimum atomic E-state index is -0.439. The van der Waals surface area contributed by atoms with Crippen molar-refractivity contribution in [2.45, 2.75) is 31.0 Å². The summed E-state index contributed by atoms with van der Waals surface area (Å²) in [5.41, 5.74) is 4.33. The molecule has 1 aromatic heterocycles. The van der Waals surface area contributed by atoms with E-state index in [1.807, 2.05) is 41.0 Å². The van der Waals surface area contributed by atoms with Gasteiger partial charge in [0.1, 0.15) is 6.61 Å². The lowest BCUT2D eigenvalue weighted by Crippen LogP contribution is -2.15. The zero-order valence-electron chi connectivity index (χ0n) is 18.4. The highest BCUT2D eigenvalue weighted by atomic mass is 32.2. The SMILES string of the molecule is O=C(CSc1nnc(COc2ccccc2F)n1-c1ccccc1)Nc1ccc2c(c1)CCC2. The predicted molar refractivity (Wildman–Crippen MR) is 130 cm³/mol. The van der Waals surface area contributed by atoms with Crippen LogP contribution in [-0.2, 0) is 24.2 Å². The van der Waals surface area contributed by atoms with Crippen molar-refractivity contribution in [1.82, 2.24) is 14.8 Å². The number of nitrogens with zero attached hydrogens (tertiary/aromatic N) is 3. The molecule has 0 unspecified atom stereocenters. The van der Waals surface area contributed by atoms with Crippen molar-refractivity contribution in [3.8, 4) is 11.4 Å². The second-order valence-electron chi connectivity index (χ2n) is 7.96. The van der Waals surface area contributed by atoms with Gasteiger partial charge < -0.3 is 10.1 Å². The molecule has 0 bridgehead atoms. The first-order chi connectivity index (χ1) is 16.7. The summed E-state index contributed by atoms with van der Waals surface area (Å²) in [5, 5.41) is 12.1. The van der Waals surface area contributed by atoms with E-state index in [0.29, 0.717) is 11.0 Å². The second kappa shape index (κ2) is 10.1. The summed E-state index contributed by atoms with van der Waals surface area (Å²) in [5.74, 6) is 0.279. The van der Waals surface area contributed by atoms with Crippen LogP contribution in [0.4, 0.5) is 10.1 Å². The third-order valence-electron chi connectivity index (χ3n) is 5.62. The van der Waals surface area contributed by atoms with E-state index in [4.69, 9.17) is 4.74 Å². The lowest BCUT2D eigenvalue weighted by Gasteiger charge is -2.11. The van der Waals surface area contributed by atoms with Gasteiger partial charge in [0, 0.05) is 11.4 Å². The number of benzene rings is 3. The topological polar surface area (TPSA) is 69.0 Å². The number of para-hydroxylation sites is 2. The number of aromatic nitrogens is 3. The number of anilines is 1. The molecule has 5 rings (SSSR count). The quantitative estimate of drug-likeness (QED) is 0.355. The molecule has 0 aliphatic heterocycles. The first-order valence-corrected chi connectivity index (χ1v) is 12.1. The highest BCUT2D eigenvalue weighted by molar-refractivity contribution is 7.99. The van der Waals surface area contributed by atoms with Crippen LogP contribution in [-0.4, -0.2) is 26.4 Å². The molecule has 4 aromatic rings. The number of rotatable bonds is 8. The first kappa shape index (κ1) is 22.2. The monoisotopic (exact) mass is 474 g/mol. The van der Waals surface area contributed by atoms with E-state index in [1.165, 1.54) is 35.4 Å². The summed E-state index contributed by atoms with van der Waals surface area (Å²) in [6, 6.07) is 21.9. The van der Waals surface area contributed by atoms with Crippen LogP contribution in [0.3, 0.4) is 0 Å². The molecule has 3 aromatic carbocycles. The number of thioether (sulfide) groups is 1. The molecule has 1 N–H and O–H groups in total. The van der Waals surface area contributed by atoms with Crippen LogP contribution in [0.15, 0.2) is 78.0 Å². The Bertz CT molecular complexity index is 1310. The zero-order valence-corrected chi connectivity index (χ0v) is 19.2. The van der Waals surface area contributed by atoms with Gasteiger partial charge in [-0.3, -0.25) is 9.36 Å². The molecule has 0 spiro atoms. The van der Waals surface area contributed by atoms with Crippen LogP contribution in [0.25, 0.3) is 5.69 Å². The first-order valence-electron chi connectivity index (χ1n) is 11.1. The van der Waals surface area contributed by atoms with Crippen molar-refractivity contribution in [3.63, 3.8) is 0 Å². The standard InChI is InChI=1S/C26H23FN4O2S/c27-22-11-4-5-12-23(22)33-16-24-29-30-26(31(24)21-9-2-1-3-10-21)34-17-25(32)28-20-14-13-18-7-6-8-19(18)15-20/h1-5,9-15H,6-8,16-17H2,(H,28,32). The third kappa shape index (κ3) is 4.97. The molecule has 0 saturated heterocycles. The number of amides is 1. The molecule has 6 nitrogen and oxygen atoms in total. The van der Waals surface area contributed by atoms with Crippen LogP contribution in [0.5, 0.6) is 5.75 Å². The maximum absolute atomic E-state index is 14.0. The smallest absolute Gasteiger partial charge is 0.234 e. The molecule has 0 radical (unpaired) electrons. The number of carbonyl (C=O) groups is 1. The Hall–Kier alpha value is -3.65. The van der Waals surface area contributed by atoms with Crippen molar-refractivity contribution >= 4 is 23.4 Å². The van der Waals surface area contributed by atoms with Gasteiger partial charge in [0.15, 0.2) is 22.5 Å². The van der Waals surface area contributed by atoms with Crippen molar-refractivity contribution in [2.24, 2.45) is 0 Å². The molecule has 1 amide bonds. The van der Waals surface area contributed by atoms with Gasteiger partial charge >= 0.3 is 0 Å². The Kier molecular flexibility index (Phi) is 6.58. The zero-order chi connectivity index (χ0) is 23.3. The fourth-order valence-electron chi connectivity index (χ4n) is 4.00. The summed E-state index contributed by atoms with van der Waals surface area (Å²) in [7, 11) is 0. The molecular formula is C26H23FN4O2S. The van der Waals surface area contributed by atoms with Gasteiger partial charge in [-0.15, -0.1) is 10.2 Å². The number of ether oxygens (including phenoxy) is 1. The number of fused-ring (bicyclic) bond motifs is 1. The molecular weight excluding hydrogens is 451 g/mol. The lowest BCUT2D eigenvalue weighted by atomic mass is 10.1. The largest absolute Gasteiger partial charge is 0.483 e. The van der Waals surface area contributed by atoms with Crippen LogP contribution in [0, 0.1) is 5.82 Å². The highest BCUT2D eigenvalue weighted by Gasteiger charge is 2.18. The van der Waals surface area contributed by atoms with Crippen LogP contribution < -0.4 is 10.1 Å². The van der Waals surface area contributed by atoms with Crippen LogP contribution >= 0.6 is 11.8 Å². The van der Waals surface area contributed by atoms with Crippen LogP contribution in [0.2, 0.25) is 0 Å². The average molecular weight is 475 g/mol. The molecule has 0 saturated carbocycles. The molecule has 8 heteroatoms.